The number of aromatic nitrogens is 1. The topological polar surface area (TPSA) is 66.7 Å². The summed E-state index contributed by atoms with van der Waals surface area (Å²) < 4.78 is 5.18. The van der Waals surface area contributed by atoms with Gasteiger partial charge in [-0.3, -0.25) is 9.59 Å². The summed E-state index contributed by atoms with van der Waals surface area (Å²) >= 11 is 1.46. The van der Waals surface area contributed by atoms with Crippen molar-refractivity contribution >= 4 is 23.2 Å². The zero-order valence-corrected chi connectivity index (χ0v) is 16.4. The van der Waals surface area contributed by atoms with Gasteiger partial charge in [0.25, 0.3) is 11.8 Å². The van der Waals surface area contributed by atoms with Crippen LogP contribution in [0.3, 0.4) is 0 Å². The molecule has 144 valence electrons. The van der Waals surface area contributed by atoms with Crippen molar-refractivity contribution in [3.8, 4) is 0 Å². The first-order valence-corrected chi connectivity index (χ1v) is 10.1. The van der Waals surface area contributed by atoms with Crippen LogP contribution in [0.1, 0.15) is 36.5 Å². The van der Waals surface area contributed by atoms with Crippen LogP contribution in [0.5, 0.6) is 0 Å². The predicted molar refractivity (Wildman–Crippen MR) is 107 cm³/mol. The Hall–Kier alpha value is -2.93. The van der Waals surface area contributed by atoms with Crippen molar-refractivity contribution in [1.29, 1.82) is 0 Å². The smallest absolute Gasteiger partial charge is 0.289 e. The number of hydrogen-bond donors (Lipinski definition) is 0. The minimum absolute atomic E-state index is 0.000547. The number of thiazole rings is 1. The summed E-state index contributed by atoms with van der Waals surface area (Å²) in [5, 5.41) is 0.943. The van der Waals surface area contributed by atoms with E-state index in [2.05, 4.69) is 17.1 Å². The number of piperazine rings is 1. The zero-order valence-electron chi connectivity index (χ0n) is 15.6. The lowest BCUT2D eigenvalue weighted by molar-refractivity contribution is 0.0520. The minimum atomic E-state index is -0.129. The van der Waals surface area contributed by atoms with E-state index in [1.165, 1.54) is 23.2 Å². The molecule has 0 aliphatic carbocycles. The maximum absolute atomic E-state index is 13.0. The Balaban J connectivity index is 1.39. The Morgan fingerprint density at radius 2 is 1.68 bits per heavy atom. The van der Waals surface area contributed by atoms with Gasteiger partial charge in [-0.05, 0) is 24.6 Å². The second-order valence-corrected chi connectivity index (χ2v) is 7.83. The Labute approximate surface area is 167 Å². The van der Waals surface area contributed by atoms with E-state index in [0.29, 0.717) is 36.8 Å². The molecule has 2 aromatic heterocycles. The van der Waals surface area contributed by atoms with E-state index in [1.54, 1.807) is 21.9 Å². The zero-order chi connectivity index (χ0) is 19.5. The normalized spacial score (nSPS) is 14.3. The van der Waals surface area contributed by atoms with Crippen LogP contribution in [-0.2, 0) is 6.42 Å². The van der Waals surface area contributed by atoms with Crippen molar-refractivity contribution in [1.82, 2.24) is 14.8 Å². The lowest BCUT2D eigenvalue weighted by Crippen LogP contribution is -2.50. The van der Waals surface area contributed by atoms with Gasteiger partial charge in [-0.1, -0.05) is 30.3 Å². The quantitative estimate of drug-likeness (QED) is 0.680. The van der Waals surface area contributed by atoms with Gasteiger partial charge < -0.3 is 14.2 Å². The molecular weight excluding hydrogens is 374 g/mol. The SMILES string of the molecule is Cc1nc(Cc2ccccc2)sc1C(=O)N1CCN(C(=O)c2ccco2)CC1. The van der Waals surface area contributed by atoms with Crippen LogP contribution in [0.4, 0.5) is 0 Å². The molecule has 0 bridgehead atoms. The standard InChI is InChI=1S/C21H21N3O3S/c1-15-19(28-18(22-15)14-16-6-3-2-4-7-16)21(26)24-11-9-23(10-12-24)20(25)17-8-5-13-27-17/h2-8,13H,9-12,14H2,1H3. The molecule has 7 heteroatoms. The lowest BCUT2D eigenvalue weighted by Gasteiger charge is -2.34. The lowest BCUT2D eigenvalue weighted by atomic mass is 10.2. The number of furan rings is 1. The monoisotopic (exact) mass is 395 g/mol. The average molecular weight is 395 g/mol. The average Bonchev–Trinajstić information content (AvgIpc) is 3.38. The highest BCUT2D eigenvalue weighted by Gasteiger charge is 2.28. The van der Waals surface area contributed by atoms with Gasteiger partial charge in [-0.25, -0.2) is 4.98 Å². The molecule has 4 rings (SSSR count). The summed E-state index contributed by atoms with van der Waals surface area (Å²) in [6.07, 6.45) is 2.22. The number of amides is 2. The Morgan fingerprint density at radius 3 is 2.32 bits per heavy atom. The molecule has 1 aliphatic heterocycles. The molecule has 1 saturated heterocycles. The molecule has 0 saturated carbocycles. The van der Waals surface area contributed by atoms with Crippen molar-refractivity contribution < 1.29 is 14.0 Å². The van der Waals surface area contributed by atoms with Crippen molar-refractivity contribution in [3.05, 3.63) is 75.6 Å². The van der Waals surface area contributed by atoms with E-state index in [1.807, 2.05) is 25.1 Å². The molecular formula is C21H21N3O3S. The van der Waals surface area contributed by atoms with Gasteiger partial charge in [0.1, 0.15) is 4.88 Å². The fourth-order valence-corrected chi connectivity index (χ4v) is 4.38. The highest BCUT2D eigenvalue weighted by atomic mass is 32.1. The second-order valence-electron chi connectivity index (χ2n) is 6.75. The maximum atomic E-state index is 13.0. The summed E-state index contributed by atoms with van der Waals surface area (Å²) in [6.45, 7) is 3.90. The molecule has 6 nitrogen and oxygen atoms in total. The van der Waals surface area contributed by atoms with Crippen LogP contribution in [0.25, 0.3) is 0 Å². The first kappa shape index (κ1) is 18.4. The van der Waals surface area contributed by atoms with E-state index in [0.717, 1.165) is 17.1 Å². The third-order valence-electron chi connectivity index (χ3n) is 4.82. The summed E-state index contributed by atoms with van der Waals surface area (Å²) in [5.74, 6) is 0.208. The number of aryl methyl sites for hydroxylation is 1. The molecule has 0 unspecified atom stereocenters. The predicted octanol–water partition coefficient (Wildman–Crippen LogP) is 3.23. The molecule has 2 amide bonds. The van der Waals surface area contributed by atoms with Crippen LogP contribution in [0.2, 0.25) is 0 Å². The Kier molecular flexibility index (Phi) is 5.25. The highest BCUT2D eigenvalue weighted by Crippen LogP contribution is 2.23. The van der Waals surface area contributed by atoms with Crippen molar-refractivity contribution in [2.45, 2.75) is 13.3 Å². The number of nitrogens with zero attached hydrogens (tertiary/aromatic N) is 3. The maximum Gasteiger partial charge on any atom is 0.289 e. The number of hydrogen-bond acceptors (Lipinski definition) is 5. The largest absolute Gasteiger partial charge is 0.459 e. The fourth-order valence-electron chi connectivity index (χ4n) is 3.31. The summed E-state index contributed by atoms with van der Waals surface area (Å²) in [4.78, 5) is 34.1. The van der Waals surface area contributed by atoms with Gasteiger partial charge in [-0.2, -0.15) is 0 Å². The molecule has 3 aromatic rings. The van der Waals surface area contributed by atoms with Crippen LogP contribution >= 0.6 is 11.3 Å². The number of benzene rings is 1. The minimum Gasteiger partial charge on any atom is -0.459 e. The number of carbonyl (C=O) groups is 2. The molecule has 0 radical (unpaired) electrons. The van der Waals surface area contributed by atoms with Crippen LogP contribution in [0, 0.1) is 6.92 Å². The summed E-state index contributed by atoms with van der Waals surface area (Å²) in [7, 11) is 0. The Morgan fingerprint density at radius 1 is 1.00 bits per heavy atom. The Bertz CT molecular complexity index is 958. The van der Waals surface area contributed by atoms with Crippen molar-refractivity contribution in [3.63, 3.8) is 0 Å². The van der Waals surface area contributed by atoms with E-state index >= 15 is 0 Å². The van der Waals surface area contributed by atoms with E-state index < -0.39 is 0 Å². The molecule has 1 aromatic carbocycles. The molecule has 28 heavy (non-hydrogen) atoms. The first-order chi connectivity index (χ1) is 13.6. The van der Waals surface area contributed by atoms with Crippen molar-refractivity contribution in [2.24, 2.45) is 0 Å². The highest BCUT2D eigenvalue weighted by molar-refractivity contribution is 7.13. The van der Waals surface area contributed by atoms with E-state index in [9.17, 15) is 9.59 Å². The summed E-state index contributed by atoms with van der Waals surface area (Å²) in [6, 6.07) is 13.5. The molecule has 1 fully saturated rings. The number of carbonyl (C=O) groups excluding carboxylic acids is 2. The third-order valence-corrected chi connectivity index (χ3v) is 5.96. The van der Waals surface area contributed by atoms with Crippen molar-refractivity contribution in [2.75, 3.05) is 26.2 Å². The fraction of sp³-hybridized carbons (Fsp3) is 0.286. The first-order valence-electron chi connectivity index (χ1n) is 9.24. The molecule has 1 aliphatic rings. The van der Waals surface area contributed by atoms with E-state index in [4.69, 9.17) is 4.42 Å². The molecule has 3 heterocycles. The van der Waals surface area contributed by atoms with Gasteiger partial charge in [0.15, 0.2) is 5.76 Å². The number of rotatable bonds is 4. The van der Waals surface area contributed by atoms with Gasteiger partial charge in [0, 0.05) is 32.6 Å². The van der Waals surface area contributed by atoms with Crippen LogP contribution < -0.4 is 0 Å². The van der Waals surface area contributed by atoms with Gasteiger partial charge in [-0.15, -0.1) is 11.3 Å². The van der Waals surface area contributed by atoms with Gasteiger partial charge in [0.2, 0.25) is 0 Å². The molecule has 0 atom stereocenters. The second kappa shape index (κ2) is 7.98. The van der Waals surface area contributed by atoms with Gasteiger partial charge >= 0.3 is 0 Å². The molecule has 0 spiro atoms. The summed E-state index contributed by atoms with van der Waals surface area (Å²) in [5.41, 5.74) is 1.95. The molecule has 0 N–H and O–H groups in total. The van der Waals surface area contributed by atoms with Gasteiger partial charge in [0.05, 0.1) is 17.0 Å². The third kappa shape index (κ3) is 3.84. The van der Waals surface area contributed by atoms with E-state index in [-0.39, 0.29) is 11.8 Å². The van der Waals surface area contributed by atoms with Crippen LogP contribution in [0.15, 0.2) is 53.1 Å². The van der Waals surface area contributed by atoms with Crippen LogP contribution in [-0.4, -0.2) is 52.8 Å².